The van der Waals surface area contributed by atoms with Crippen molar-refractivity contribution >= 4 is 27.3 Å². The Morgan fingerprint density at radius 1 is 1.28 bits per heavy atom. The first-order valence-corrected chi connectivity index (χ1v) is 9.67. The Labute approximate surface area is 152 Å². The minimum Gasteiger partial charge on any atom is -0.497 e. The maximum atomic E-state index is 13.1. The van der Waals surface area contributed by atoms with Crippen molar-refractivity contribution in [1.29, 1.82) is 0 Å². The first-order valence-electron chi connectivity index (χ1n) is 7.59. The third kappa shape index (κ3) is 4.93. The molecule has 8 heteroatoms. The molecule has 0 saturated heterocycles. The minimum atomic E-state index is -3.73. The number of nitrogens with zero attached hydrogens (tertiary/aromatic N) is 1. The largest absolute Gasteiger partial charge is 0.497 e. The molecule has 2 rings (SSSR count). The Kier molecular flexibility index (Phi) is 6.78. The first-order chi connectivity index (χ1) is 12.0. The summed E-state index contributed by atoms with van der Waals surface area (Å²) in [5, 5.41) is 1.68. The van der Waals surface area contributed by atoms with Crippen molar-refractivity contribution in [1.82, 2.24) is 10.3 Å². The number of amides is 1. The van der Waals surface area contributed by atoms with E-state index in [1.54, 1.807) is 30.5 Å². The topological polar surface area (TPSA) is 85.4 Å². The fourth-order valence-corrected chi connectivity index (χ4v) is 4.10. The van der Waals surface area contributed by atoms with Crippen LogP contribution < -0.4 is 10.1 Å². The number of hydrogen-bond donors (Lipinski definition) is 1. The maximum absolute atomic E-state index is 13.1. The number of ether oxygens (including phenoxy) is 1. The second-order valence-electron chi connectivity index (χ2n) is 5.24. The van der Waals surface area contributed by atoms with E-state index in [9.17, 15) is 13.2 Å². The van der Waals surface area contributed by atoms with Crippen LogP contribution in [0.2, 0.25) is 0 Å². The molecule has 1 unspecified atom stereocenters. The molecule has 1 aromatic heterocycles. The van der Waals surface area contributed by atoms with Gasteiger partial charge in [-0.15, -0.1) is 11.6 Å². The van der Waals surface area contributed by atoms with Crippen LogP contribution in [0.15, 0.2) is 53.7 Å². The molecular weight excluding hydrogens is 364 g/mol. The number of aromatic nitrogens is 1. The molecule has 1 amide bonds. The van der Waals surface area contributed by atoms with Gasteiger partial charge in [0.05, 0.1) is 12.0 Å². The van der Waals surface area contributed by atoms with Gasteiger partial charge < -0.3 is 10.1 Å². The number of alkyl halides is 1. The third-order valence-corrected chi connectivity index (χ3v) is 5.93. The third-order valence-electron chi connectivity index (χ3n) is 3.62. The Hall–Kier alpha value is -2.12. The van der Waals surface area contributed by atoms with E-state index >= 15 is 0 Å². The summed E-state index contributed by atoms with van der Waals surface area (Å²) in [4.78, 5) is 15.8. The molecule has 1 heterocycles. The van der Waals surface area contributed by atoms with Gasteiger partial charge in [0.15, 0.2) is 9.84 Å². The van der Waals surface area contributed by atoms with E-state index in [2.05, 4.69) is 10.3 Å². The van der Waals surface area contributed by atoms with Gasteiger partial charge in [-0.3, -0.25) is 9.78 Å². The predicted molar refractivity (Wildman–Crippen MR) is 95.5 cm³/mol. The standard InChI is InChI=1S/C17H19ClN2O4S/c1-24-14-4-6-15(7-5-14)25(22,23)16(12-20-17(21)8-9-18)13-3-2-10-19-11-13/h2-7,10-11,16H,8-9,12H2,1H3,(H,20,21). The molecule has 1 N–H and O–H groups in total. The Morgan fingerprint density at radius 3 is 2.56 bits per heavy atom. The number of halogens is 1. The first kappa shape index (κ1) is 19.2. The number of nitrogens with one attached hydrogen (secondary N) is 1. The highest BCUT2D eigenvalue weighted by Crippen LogP contribution is 2.29. The number of pyridine rings is 1. The molecule has 1 atom stereocenters. The highest BCUT2D eigenvalue weighted by molar-refractivity contribution is 7.91. The van der Waals surface area contributed by atoms with Crippen LogP contribution in [0, 0.1) is 0 Å². The van der Waals surface area contributed by atoms with Crippen molar-refractivity contribution in [2.75, 3.05) is 19.5 Å². The van der Waals surface area contributed by atoms with Crippen molar-refractivity contribution in [2.24, 2.45) is 0 Å². The summed E-state index contributed by atoms with van der Waals surface area (Å²) < 4.78 is 31.2. The Bertz CT molecular complexity index is 795. The van der Waals surface area contributed by atoms with Crippen molar-refractivity contribution < 1.29 is 17.9 Å². The van der Waals surface area contributed by atoms with E-state index in [1.165, 1.54) is 25.4 Å². The van der Waals surface area contributed by atoms with Crippen LogP contribution in [0.5, 0.6) is 5.75 Å². The van der Waals surface area contributed by atoms with Crippen molar-refractivity contribution in [3.05, 3.63) is 54.4 Å². The lowest BCUT2D eigenvalue weighted by molar-refractivity contribution is -0.120. The number of carbonyl (C=O) groups is 1. The SMILES string of the molecule is COc1ccc(S(=O)(=O)C(CNC(=O)CCCl)c2cccnc2)cc1. The van der Waals surface area contributed by atoms with Crippen LogP contribution in [0.4, 0.5) is 0 Å². The van der Waals surface area contributed by atoms with Gasteiger partial charge in [0, 0.05) is 31.2 Å². The van der Waals surface area contributed by atoms with Gasteiger partial charge in [0.25, 0.3) is 0 Å². The van der Waals surface area contributed by atoms with E-state index in [0.29, 0.717) is 11.3 Å². The Balaban J connectivity index is 2.33. The van der Waals surface area contributed by atoms with Crippen molar-refractivity contribution in [2.45, 2.75) is 16.6 Å². The molecule has 0 bridgehead atoms. The van der Waals surface area contributed by atoms with Crippen LogP contribution in [-0.2, 0) is 14.6 Å². The molecule has 0 aliphatic carbocycles. The van der Waals surface area contributed by atoms with Gasteiger partial charge in [0.2, 0.25) is 5.91 Å². The number of carbonyl (C=O) groups excluding carboxylic acids is 1. The fourth-order valence-electron chi connectivity index (χ4n) is 2.28. The summed E-state index contributed by atoms with van der Waals surface area (Å²) in [6.07, 6.45) is 3.18. The molecule has 2 aromatic rings. The second kappa shape index (κ2) is 8.82. The van der Waals surface area contributed by atoms with E-state index in [1.807, 2.05) is 0 Å². The molecule has 25 heavy (non-hydrogen) atoms. The van der Waals surface area contributed by atoms with Gasteiger partial charge in [-0.05, 0) is 35.9 Å². The zero-order valence-electron chi connectivity index (χ0n) is 13.7. The van der Waals surface area contributed by atoms with Crippen molar-refractivity contribution in [3.63, 3.8) is 0 Å². The molecule has 0 spiro atoms. The number of benzene rings is 1. The minimum absolute atomic E-state index is 0.0597. The van der Waals surface area contributed by atoms with E-state index in [0.717, 1.165) is 0 Å². The highest BCUT2D eigenvalue weighted by Gasteiger charge is 2.29. The van der Waals surface area contributed by atoms with Gasteiger partial charge in [0.1, 0.15) is 11.0 Å². The summed E-state index contributed by atoms with van der Waals surface area (Å²) in [6.45, 7) is -0.0597. The molecule has 0 aliphatic rings. The van der Waals surface area contributed by atoms with Crippen LogP contribution in [0.25, 0.3) is 0 Å². The zero-order chi connectivity index (χ0) is 18.3. The average Bonchev–Trinajstić information content (AvgIpc) is 2.63. The fraction of sp³-hybridized carbons (Fsp3) is 0.294. The van der Waals surface area contributed by atoms with E-state index in [-0.39, 0.29) is 29.6 Å². The molecule has 1 aromatic carbocycles. The quantitative estimate of drug-likeness (QED) is 0.708. The lowest BCUT2D eigenvalue weighted by Crippen LogP contribution is -2.32. The van der Waals surface area contributed by atoms with E-state index in [4.69, 9.17) is 16.3 Å². The van der Waals surface area contributed by atoms with Crippen LogP contribution >= 0.6 is 11.6 Å². The molecule has 6 nitrogen and oxygen atoms in total. The summed E-state index contributed by atoms with van der Waals surface area (Å²) in [7, 11) is -2.22. The number of hydrogen-bond acceptors (Lipinski definition) is 5. The zero-order valence-corrected chi connectivity index (χ0v) is 15.3. The Morgan fingerprint density at radius 2 is 2.00 bits per heavy atom. The molecule has 134 valence electrons. The van der Waals surface area contributed by atoms with Gasteiger partial charge in [-0.2, -0.15) is 0 Å². The summed E-state index contributed by atoms with van der Waals surface area (Å²) in [5.74, 6) is 0.440. The summed E-state index contributed by atoms with van der Waals surface area (Å²) in [5.41, 5.74) is 0.504. The monoisotopic (exact) mass is 382 g/mol. The summed E-state index contributed by atoms with van der Waals surface area (Å²) >= 11 is 5.54. The number of rotatable bonds is 8. The molecular formula is C17H19ClN2O4S. The maximum Gasteiger partial charge on any atom is 0.221 e. The molecule has 0 radical (unpaired) electrons. The lowest BCUT2D eigenvalue weighted by Gasteiger charge is -2.19. The van der Waals surface area contributed by atoms with Crippen LogP contribution in [-0.4, -0.2) is 38.8 Å². The average molecular weight is 383 g/mol. The lowest BCUT2D eigenvalue weighted by atomic mass is 10.2. The molecule has 0 fully saturated rings. The van der Waals surface area contributed by atoms with Gasteiger partial charge in [-0.1, -0.05) is 6.07 Å². The summed E-state index contributed by atoms with van der Waals surface area (Å²) in [6, 6.07) is 9.47. The number of methoxy groups -OCH3 is 1. The van der Waals surface area contributed by atoms with Crippen LogP contribution in [0.3, 0.4) is 0 Å². The predicted octanol–water partition coefficient (Wildman–Crippen LogP) is 2.35. The second-order valence-corrected chi connectivity index (χ2v) is 7.75. The highest BCUT2D eigenvalue weighted by atomic mass is 35.5. The van der Waals surface area contributed by atoms with Crippen LogP contribution in [0.1, 0.15) is 17.2 Å². The molecule has 0 saturated carbocycles. The van der Waals surface area contributed by atoms with Crippen molar-refractivity contribution in [3.8, 4) is 5.75 Å². The smallest absolute Gasteiger partial charge is 0.221 e. The van der Waals surface area contributed by atoms with Gasteiger partial charge >= 0.3 is 0 Å². The van der Waals surface area contributed by atoms with E-state index < -0.39 is 15.1 Å². The van der Waals surface area contributed by atoms with Gasteiger partial charge in [-0.25, -0.2) is 8.42 Å². The molecule has 0 aliphatic heterocycles. The number of sulfone groups is 1. The normalized spacial score (nSPS) is 12.4.